The van der Waals surface area contributed by atoms with Gasteiger partial charge in [-0.05, 0) is 110 Å². The summed E-state index contributed by atoms with van der Waals surface area (Å²) in [6.07, 6.45) is 0. The molecule has 0 atom stereocenters. The number of anilines is 3. The number of para-hydroxylation sites is 1. The molecular weight excluding hydrogens is 643 g/mol. The lowest BCUT2D eigenvalue weighted by Crippen LogP contribution is -2.14. The predicted molar refractivity (Wildman–Crippen MR) is 222 cm³/mol. The topological polar surface area (TPSA) is 16.4 Å². The van der Waals surface area contributed by atoms with Crippen LogP contribution in [0.15, 0.2) is 192 Å². The molecule has 0 fully saturated rings. The second kappa shape index (κ2) is 12.3. The Balaban J connectivity index is 1.07. The van der Waals surface area contributed by atoms with Crippen molar-refractivity contribution in [2.75, 3.05) is 4.90 Å². The minimum Gasteiger partial charge on any atom is -0.456 e. The van der Waals surface area contributed by atoms with E-state index in [0.717, 1.165) is 50.1 Å². The van der Waals surface area contributed by atoms with Gasteiger partial charge in [0.1, 0.15) is 11.2 Å². The number of furan rings is 1. The zero-order valence-electron chi connectivity index (χ0n) is 29.8. The summed E-state index contributed by atoms with van der Waals surface area (Å²) in [5.74, 6) is 0. The summed E-state index contributed by atoms with van der Waals surface area (Å²) in [6, 6.07) is 67.8. The zero-order chi connectivity index (χ0) is 35.5. The summed E-state index contributed by atoms with van der Waals surface area (Å²) in [6.45, 7) is 4.67. The number of nitrogens with zero attached hydrogens (tertiary/aromatic N) is 1. The lowest BCUT2D eigenvalue weighted by molar-refractivity contribution is 0.660. The number of benzene rings is 8. The molecule has 9 aromatic rings. The quantitative estimate of drug-likeness (QED) is 0.174. The summed E-state index contributed by atoms with van der Waals surface area (Å²) < 4.78 is 6.27. The van der Waals surface area contributed by atoms with Gasteiger partial charge in [0.05, 0.1) is 0 Å². The van der Waals surface area contributed by atoms with Gasteiger partial charge in [-0.25, -0.2) is 0 Å². The van der Waals surface area contributed by atoms with E-state index in [1.54, 1.807) is 0 Å². The number of fused-ring (bicyclic) bond motifs is 6. The highest BCUT2D eigenvalue weighted by Gasteiger charge is 2.35. The molecule has 2 heteroatoms. The summed E-state index contributed by atoms with van der Waals surface area (Å²) >= 11 is 0. The van der Waals surface area contributed by atoms with Crippen LogP contribution in [0.25, 0.3) is 66.4 Å². The van der Waals surface area contributed by atoms with Gasteiger partial charge in [0, 0.05) is 33.2 Å². The lowest BCUT2D eigenvalue weighted by Gasteiger charge is -2.26. The maximum atomic E-state index is 6.27. The SMILES string of the molecule is CC1(C)c2ccccc2-c2cc(-c3ccc(N(c4ccc(-c5ccccc5)cc4)c4cccc(-c5cccc6oc7ccccc7c56)c4)cc3)ccc21. The summed E-state index contributed by atoms with van der Waals surface area (Å²) in [5, 5.41) is 2.27. The fourth-order valence-electron chi connectivity index (χ4n) is 8.41. The Morgan fingerprint density at radius 2 is 0.943 bits per heavy atom. The van der Waals surface area contributed by atoms with Gasteiger partial charge < -0.3 is 9.32 Å². The Hall–Kier alpha value is -6.64. The van der Waals surface area contributed by atoms with E-state index in [9.17, 15) is 0 Å². The molecule has 0 bridgehead atoms. The van der Waals surface area contributed by atoms with E-state index in [2.05, 4.69) is 195 Å². The molecule has 252 valence electrons. The highest BCUT2D eigenvalue weighted by Crippen LogP contribution is 2.49. The third kappa shape index (κ3) is 5.18. The molecule has 0 saturated heterocycles. The van der Waals surface area contributed by atoms with Gasteiger partial charge in [-0.1, -0.05) is 147 Å². The zero-order valence-corrected chi connectivity index (χ0v) is 29.8. The maximum absolute atomic E-state index is 6.27. The van der Waals surface area contributed by atoms with Crippen LogP contribution < -0.4 is 4.90 Å². The number of rotatable bonds is 6. The normalized spacial score (nSPS) is 12.9. The maximum Gasteiger partial charge on any atom is 0.136 e. The van der Waals surface area contributed by atoms with E-state index in [1.807, 2.05) is 12.1 Å². The van der Waals surface area contributed by atoms with E-state index in [-0.39, 0.29) is 5.41 Å². The molecule has 0 radical (unpaired) electrons. The minimum atomic E-state index is -0.00432. The Bertz CT molecular complexity index is 2790. The highest BCUT2D eigenvalue weighted by atomic mass is 16.3. The average Bonchev–Trinajstić information content (AvgIpc) is 3.71. The van der Waals surface area contributed by atoms with Crippen molar-refractivity contribution in [3.63, 3.8) is 0 Å². The molecule has 0 spiro atoms. The molecule has 1 aromatic heterocycles. The van der Waals surface area contributed by atoms with Crippen molar-refractivity contribution in [2.45, 2.75) is 19.3 Å². The molecule has 10 rings (SSSR count). The number of hydrogen-bond donors (Lipinski definition) is 0. The smallest absolute Gasteiger partial charge is 0.136 e. The van der Waals surface area contributed by atoms with Crippen LogP contribution in [0, 0.1) is 0 Å². The molecule has 8 aromatic carbocycles. The standard InChI is InChI=1S/C51H37NO/c1-51(2)46-19-8-6-16-43(46)45-33-37(26-31-47(45)51)36-24-29-40(30-25-36)52(39-27-22-35(23-28-39)34-12-4-3-5-13-34)41-15-10-14-38(32-41)42-18-11-21-49-50(42)44-17-7-9-20-48(44)53-49/h3-33H,1-2H3. The van der Waals surface area contributed by atoms with Crippen LogP contribution in [0.2, 0.25) is 0 Å². The molecule has 0 N–H and O–H groups in total. The van der Waals surface area contributed by atoms with E-state index in [1.165, 1.54) is 44.5 Å². The lowest BCUT2D eigenvalue weighted by atomic mass is 9.82. The van der Waals surface area contributed by atoms with Crippen molar-refractivity contribution in [1.82, 2.24) is 0 Å². The molecule has 0 saturated carbocycles. The van der Waals surface area contributed by atoms with Crippen molar-refractivity contribution in [3.8, 4) is 44.5 Å². The first-order valence-corrected chi connectivity index (χ1v) is 18.3. The van der Waals surface area contributed by atoms with Crippen molar-refractivity contribution < 1.29 is 4.42 Å². The average molecular weight is 680 g/mol. The molecule has 1 heterocycles. The van der Waals surface area contributed by atoms with E-state index in [0.29, 0.717) is 0 Å². The van der Waals surface area contributed by atoms with Crippen molar-refractivity contribution in [2.24, 2.45) is 0 Å². The third-order valence-electron chi connectivity index (χ3n) is 11.1. The van der Waals surface area contributed by atoms with Crippen molar-refractivity contribution >= 4 is 39.0 Å². The fraction of sp³-hybridized carbons (Fsp3) is 0.0588. The van der Waals surface area contributed by atoms with Crippen LogP contribution >= 0.6 is 0 Å². The highest BCUT2D eigenvalue weighted by molar-refractivity contribution is 6.12. The Kier molecular flexibility index (Phi) is 7.19. The Labute approximate surface area is 310 Å². The van der Waals surface area contributed by atoms with Gasteiger partial charge in [-0.3, -0.25) is 0 Å². The van der Waals surface area contributed by atoms with Crippen molar-refractivity contribution in [1.29, 1.82) is 0 Å². The van der Waals surface area contributed by atoms with E-state index < -0.39 is 0 Å². The van der Waals surface area contributed by atoms with Crippen LogP contribution in [-0.4, -0.2) is 0 Å². The van der Waals surface area contributed by atoms with Gasteiger partial charge in [0.2, 0.25) is 0 Å². The van der Waals surface area contributed by atoms with E-state index in [4.69, 9.17) is 4.42 Å². The van der Waals surface area contributed by atoms with Gasteiger partial charge >= 0.3 is 0 Å². The molecule has 0 amide bonds. The van der Waals surface area contributed by atoms with Gasteiger partial charge in [0.25, 0.3) is 0 Å². The van der Waals surface area contributed by atoms with Crippen LogP contribution in [0.4, 0.5) is 17.1 Å². The Morgan fingerprint density at radius 1 is 0.377 bits per heavy atom. The molecule has 53 heavy (non-hydrogen) atoms. The summed E-state index contributed by atoms with van der Waals surface area (Å²) in [5.41, 5.74) is 17.7. The number of hydrogen-bond acceptors (Lipinski definition) is 2. The van der Waals surface area contributed by atoms with Gasteiger partial charge in [-0.15, -0.1) is 0 Å². The first kappa shape index (κ1) is 31.1. The summed E-state index contributed by atoms with van der Waals surface area (Å²) in [7, 11) is 0. The molecule has 1 aliphatic rings. The Morgan fingerprint density at radius 3 is 1.74 bits per heavy atom. The van der Waals surface area contributed by atoms with Gasteiger partial charge in [0.15, 0.2) is 0 Å². The van der Waals surface area contributed by atoms with Gasteiger partial charge in [-0.2, -0.15) is 0 Å². The van der Waals surface area contributed by atoms with E-state index >= 15 is 0 Å². The predicted octanol–water partition coefficient (Wildman–Crippen LogP) is 14.4. The summed E-state index contributed by atoms with van der Waals surface area (Å²) in [4.78, 5) is 2.36. The van der Waals surface area contributed by atoms with Crippen LogP contribution in [-0.2, 0) is 5.41 Å². The molecule has 0 unspecified atom stereocenters. The van der Waals surface area contributed by atoms with Crippen LogP contribution in [0.5, 0.6) is 0 Å². The monoisotopic (exact) mass is 679 g/mol. The minimum absolute atomic E-state index is 0.00432. The second-order valence-electron chi connectivity index (χ2n) is 14.6. The molecule has 2 nitrogen and oxygen atoms in total. The fourth-order valence-corrected chi connectivity index (χ4v) is 8.41. The first-order chi connectivity index (χ1) is 26.0. The second-order valence-corrected chi connectivity index (χ2v) is 14.6. The molecule has 1 aliphatic carbocycles. The van der Waals surface area contributed by atoms with Crippen LogP contribution in [0.3, 0.4) is 0 Å². The first-order valence-electron chi connectivity index (χ1n) is 18.3. The molecular formula is C51H37NO. The largest absolute Gasteiger partial charge is 0.456 e. The van der Waals surface area contributed by atoms with Crippen LogP contribution in [0.1, 0.15) is 25.0 Å². The molecule has 0 aliphatic heterocycles. The van der Waals surface area contributed by atoms with Crippen molar-refractivity contribution in [3.05, 3.63) is 199 Å². The third-order valence-corrected chi connectivity index (χ3v) is 11.1.